The Morgan fingerprint density at radius 1 is 1.37 bits per heavy atom. The largest absolute Gasteiger partial charge is 0.350 e. The lowest BCUT2D eigenvalue weighted by molar-refractivity contribution is 0.139. The Hall–Kier alpha value is -3.48. The van der Waals surface area contributed by atoms with Crippen molar-refractivity contribution in [1.82, 2.24) is 24.4 Å². The molecule has 1 atom stereocenters. The Morgan fingerprint density at radius 3 is 2.89 bits per heavy atom. The van der Waals surface area contributed by atoms with Crippen molar-refractivity contribution >= 4 is 34.7 Å². The van der Waals surface area contributed by atoms with Gasteiger partial charge in [-0.25, -0.2) is 19.8 Å². The van der Waals surface area contributed by atoms with Gasteiger partial charge < -0.3 is 15.2 Å². The number of pyridine rings is 1. The number of rotatable bonds is 7. The summed E-state index contributed by atoms with van der Waals surface area (Å²) >= 11 is 6.52. The number of halogens is 1. The summed E-state index contributed by atoms with van der Waals surface area (Å²) in [6.07, 6.45) is 9.28. The average Bonchev–Trinajstić information content (AvgIpc) is 3.26. The number of amides is 2. The molecule has 1 aliphatic heterocycles. The van der Waals surface area contributed by atoms with Gasteiger partial charge in [-0.3, -0.25) is 0 Å². The maximum atomic E-state index is 12.2. The molecule has 35 heavy (non-hydrogen) atoms. The second kappa shape index (κ2) is 10.8. The van der Waals surface area contributed by atoms with Gasteiger partial charge in [-0.05, 0) is 56.6 Å². The molecule has 0 aliphatic carbocycles. The highest BCUT2D eigenvalue weighted by atomic mass is 35.5. The van der Waals surface area contributed by atoms with Crippen molar-refractivity contribution in [3.05, 3.63) is 46.9 Å². The van der Waals surface area contributed by atoms with Crippen LogP contribution in [0.5, 0.6) is 0 Å². The Kier molecular flexibility index (Phi) is 7.63. The van der Waals surface area contributed by atoms with E-state index in [4.69, 9.17) is 27.6 Å². The molecule has 4 rings (SSSR count). The van der Waals surface area contributed by atoms with Gasteiger partial charge in [-0.2, -0.15) is 10.4 Å². The van der Waals surface area contributed by atoms with E-state index in [9.17, 15) is 4.79 Å². The zero-order valence-electron chi connectivity index (χ0n) is 20.0. The number of fused-ring (bicyclic) bond motifs is 1. The molecule has 1 unspecified atom stereocenters. The fourth-order valence-corrected chi connectivity index (χ4v) is 4.70. The number of aromatic nitrogens is 3. The van der Waals surface area contributed by atoms with Crippen molar-refractivity contribution in [3.63, 3.8) is 0 Å². The molecule has 0 spiro atoms. The first-order valence-electron chi connectivity index (χ1n) is 11.7. The number of primary amides is 1. The van der Waals surface area contributed by atoms with Crippen LogP contribution >= 0.6 is 11.6 Å². The molecule has 1 aliphatic rings. The average molecular weight is 493 g/mol. The molecule has 1 aromatic carbocycles. The number of piperidine rings is 1. The maximum absolute atomic E-state index is 12.2. The summed E-state index contributed by atoms with van der Waals surface area (Å²) in [6, 6.07) is 7.45. The van der Waals surface area contributed by atoms with Gasteiger partial charge in [0.2, 0.25) is 0 Å². The highest BCUT2D eigenvalue weighted by molar-refractivity contribution is 6.32. The van der Waals surface area contributed by atoms with E-state index in [1.165, 1.54) is 5.01 Å². The number of carbonyl (C=O) groups excluding carboxylic acids is 1. The van der Waals surface area contributed by atoms with E-state index < -0.39 is 6.03 Å². The third-order valence-corrected chi connectivity index (χ3v) is 6.84. The lowest BCUT2D eigenvalue weighted by Gasteiger charge is -2.34. The van der Waals surface area contributed by atoms with Crippen molar-refractivity contribution in [2.24, 2.45) is 17.9 Å². The molecule has 2 amide bonds. The van der Waals surface area contributed by atoms with Gasteiger partial charge in [0.15, 0.2) is 0 Å². The topological polar surface area (TPSA) is 116 Å². The second-order valence-corrected chi connectivity index (χ2v) is 9.31. The number of nitrogens with two attached hydrogens (primary N) is 1. The summed E-state index contributed by atoms with van der Waals surface area (Å²) in [5, 5.41) is 16.2. The number of carbonyl (C=O) groups is 1. The molecule has 0 saturated carbocycles. The molecule has 10 heteroatoms. The molecule has 1 saturated heterocycles. The molecule has 2 N–H and O–H groups in total. The summed E-state index contributed by atoms with van der Waals surface area (Å²) in [6.45, 7) is 1.43. The number of urea groups is 1. The number of hydrazone groups is 1. The van der Waals surface area contributed by atoms with Gasteiger partial charge >= 0.3 is 6.03 Å². The van der Waals surface area contributed by atoms with Crippen LogP contribution in [0.15, 0.2) is 35.8 Å². The highest BCUT2D eigenvalue weighted by Gasteiger charge is 2.23. The minimum atomic E-state index is -0.594. The SMILES string of the molecule is CN1CCCCC1CN(/N=C/c1cc(-c2cncn2C)nc2cc(Cl)c(CCC#N)cc12)C(N)=O. The van der Waals surface area contributed by atoms with E-state index in [0.717, 1.165) is 48.0 Å². The summed E-state index contributed by atoms with van der Waals surface area (Å²) in [5.41, 5.74) is 9.54. The zero-order chi connectivity index (χ0) is 24.9. The Balaban J connectivity index is 1.76. The van der Waals surface area contributed by atoms with Crippen molar-refractivity contribution < 1.29 is 4.79 Å². The van der Waals surface area contributed by atoms with Gasteiger partial charge in [-0.1, -0.05) is 18.0 Å². The number of imidazole rings is 1. The molecule has 0 bridgehead atoms. The number of likely N-dealkylation sites (tertiary alicyclic amines) is 1. The number of nitriles is 1. The highest BCUT2D eigenvalue weighted by Crippen LogP contribution is 2.29. The van der Waals surface area contributed by atoms with E-state index in [2.05, 4.69) is 28.1 Å². The van der Waals surface area contributed by atoms with E-state index >= 15 is 0 Å². The third kappa shape index (κ3) is 5.61. The zero-order valence-corrected chi connectivity index (χ0v) is 20.7. The molecule has 9 nitrogen and oxygen atoms in total. The predicted molar refractivity (Wildman–Crippen MR) is 137 cm³/mol. The van der Waals surface area contributed by atoms with Crippen LogP contribution in [0, 0.1) is 11.3 Å². The lowest BCUT2D eigenvalue weighted by atomic mass is 10.0. The summed E-state index contributed by atoms with van der Waals surface area (Å²) in [7, 11) is 3.96. The van der Waals surface area contributed by atoms with Crippen molar-refractivity contribution in [3.8, 4) is 17.5 Å². The molecule has 1 fully saturated rings. The van der Waals surface area contributed by atoms with Crippen LogP contribution in [0.3, 0.4) is 0 Å². The van der Waals surface area contributed by atoms with Crippen LogP contribution in [0.2, 0.25) is 5.02 Å². The smallest absolute Gasteiger partial charge is 0.335 e. The molecular formula is C25H29ClN8O. The number of aryl methyl sites for hydroxylation is 2. The van der Waals surface area contributed by atoms with Crippen LogP contribution in [0.25, 0.3) is 22.3 Å². The summed E-state index contributed by atoms with van der Waals surface area (Å²) < 4.78 is 1.88. The first kappa shape index (κ1) is 24.6. The number of benzene rings is 1. The van der Waals surface area contributed by atoms with Gasteiger partial charge in [0.1, 0.15) is 0 Å². The molecule has 182 valence electrons. The monoisotopic (exact) mass is 492 g/mol. The van der Waals surface area contributed by atoms with Gasteiger partial charge in [0.05, 0.1) is 48.3 Å². The Bertz CT molecular complexity index is 1290. The number of hydrogen-bond donors (Lipinski definition) is 1. The minimum Gasteiger partial charge on any atom is -0.350 e. The van der Waals surface area contributed by atoms with Crippen LogP contribution in [-0.4, -0.2) is 62.9 Å². The maximum Gasteiger partial charge on any atom is 0.335 e. The fourth-order valence-electron chi connectivity index (χ4n) is 4.44. The van der Waals surface area contributed by atoms with Gasteiger partial charge in [0.25, 0.3) is 0 Å². The Labute approximate surface area is 209 Å². The minimum absolute atomic E-state index is 0.212. The predicted octanol–water partition coefficient (Wildman–Crippen LogP) is 3.94. The van der Waals surface area contributed by atoms with E-state index in [0.29, 0.717) is 35.6 Å². The Morgan fingerprint density at radius 2 is 2.20 bits per heavy atom. The van der Waals surface area contributed by atoms with Crippen LogP contribution in [0.1, 0.15) is 36.8 Å². The fraction of sp³-hybridized carbons (Fsp3) is 0.400. The van der Waals surface area contributed by atoms with Crippen LogP contribution in [-0.2, 0) is 13.5 Å². The molecule has 3 aromatic rings. The van der Waals surface area contributed by atoms with E-state index in [1.54, 1.807) is 18.7 Å². The number of likely N-dealkylation sites (N-methyl/N-ethyl adjacent to an activating group) is 1. The first-order valence-corrected chi connectivity index (χ1v) is 12.0. The molecule has 2 aromatic heterocycles. The normalized spacial score (nSPS) is 16.6. The van der Waals surface area contributed by atoms with Crippen LogP contribution < -0.4 is 5.73 Å². The van der Waals surface area contributed by atoms with Crippen molar-refractivity contribution in [2.75, 3.05) is 20.1 Å². The van der Waals surface area contributed by atoms with E-state index in [-0.39, 0.29) is 6.04 Å². The molecule has 0 radical (unpaired) electrons. The second-order valence-electron chi connectivity index (χ2n) is 8.90. The standard InChI is InChI=1S/C25H29ClN8O/c1-32-9-4-3-7-19(32)15-34(25(28)35)30-13-18-11-23(24-14-29-16-33(24)2)31-22-12-21(26)17(6-5-8-27)10-20(18)22/h10-14,16,19H,3-7,9,15H2,1-2H3,(H2,28,35)/b30-13+. The lowest BCUT2D eigenvalue weighted by Crippen LogP contribution is -2.46. The quantitative estimate of drug-likeness (QED) is 0.396. The van der Waals surface area contributed by atoms with Gasteiger partial charge in [-0.15, -0.1) is 0 Å². The van der Waals surface area contributed by atoms with Crippen LogP contribution in [0.4, 0.5) is 4.79 Å². The van der Waals surface area contributed by atoms with Crippen molar-refractivity contribution in [2.45, 2.75) is 38.1 Å². The summed E-state index contributed by atoms with van der Waals surface area (Å²) in [5.74, 6) is 0. The van der Waals surface area contributed by atoms with Crippen molar-refractivity contribution in [1.29, 1.82) is 5.26 Å². The molecular weight excluding hydrogens is 464 g/mol. The van der Waals surface area contributed by atoms with E-state index in [1.807, 2.05) is 29.8 Å². The third-order valence-electron chi connectivity index (χ3n) is 6.49. The molecule has 3 heterocycles. The first-order chi connectivity index (χ1) is 16.9. The number of hydrogen-bond acceptors (Lipinski definition) is 6. The number of nitrogens with zero attached hydrogens (tertiary/aromatic N) is 7. The van der Waals surface area contributed by atoms with Gasteiger partial charge in [0, 0.05) is 35.5 Å². The summed E-state index contributed by atoms with van der Waals surface area (Å²) in [4.78, 5) is 23.5.